The molecular weight excluding hydrogens is 112 g/mol. The lowest BCUT2D eigenvalue weighted by Gasteiger charge is -2.15. The topological polar surface area (TPSA) is 9.23 Å². The van der Waals surface area contributed by atoms with Crippen LogP contribution in [0.2, 0.25) is 0 Å². The molecule has 0 fully saturated rings. The van der Waals surface area contributed by atoms with Crippen molar-refractivity contribution in [2.45, 2.75) is 27.7 Å². The highest BCUT2D eigenvalue weighted by Gasteiger charge is 2.28. The predicted octanol–water partition coefficient (Wildman–Crippen LogP) is 2.34. The van der Waals surface area contributed by atoms with Crippen LogP contribution in [0.5, 0.6) is 0 Å². The van der Waals surface area contributed by atoms with Gasteiger partial charge < -0.3 is 4.74 Å². The van der Waals surface area contributed by atoms with Crippen molar-refractivity contribution < 1.29 is 4.74 Å². The first-order valence-electron chi connectivity index (χ1n) is 3.35. The maximum Gasteiger partial charge on any atom is 0.0966 e. The summed E-state index contributed by atoms with van der Waals surface area (Å²) in [4.78, 5) is 0. The third-order valence-electron chi connectivity index (χ3n) is 2.19. The lowest BCUT2D eigenvalue weighted by molar-refractivity contribution is 0.186. The number of hydrogen-bond donors (Lipinski definition) is 0. The second-order valence-electron chi connectivity index (χ2n) is 3.35. The van der Waals surface area contributed by atoms with Crippen molar-refractivity contribution in [3.8, 4) is 0 Å². The Bertz CT molecular complexity index is 154. The van der Waals surface area contributed by atoms with Crippen molar-refractivity contribution in [3.05, 3.63) is 11.3 Å². The molecule has 0 unspecified atom stereocenters. The highest BCUT2D eigenvalue weighted by atomic mass is 16.5. The quantitative estimate of drug-likeness (QED) is 0.484. The number of allylic oxidation sites excluding steroid dienone is 1. The Hall–Kier alpha value is -0.460. The molecule has 0 radical (unpaired) electrons. The van der Waals surface area contributed by atoms with Gasteiger partial charge in [-0.2, -0.15) is 0 Å². The van der Waals surface area contributed by atoms with Gasteiger partial charge in [-0.05, 0) is 19.4 Å². The SMILES string of the molecule is CC1=C(C)C(C)(C)CO1. The van der Waals surface area contributed by atoms with E-state index in [1.807, 2.05) is 6.92 Å². The smallest absolute Gasteiger partial charge is 0.0966 e. The summed E-state index contributed by atoms with van der Waals surface area (Å²) >= 11 is 0. The van der Waals surface area contributed by atoms with Crippen molar-refractivity contribution in [1.29, 1.82) is 0 Å². The summed E-state index contributed by atoms with van der Waals surface area (Å²) in [6.07, 6.45) is 0. The second kappa shape index (κ2) is 1.76. The van der Waals surface area contributed by atoms with Gasteiger partial charge in [-0.3, -0.25) is 0 Å². The minimum atomic E-state index is 0.282. The van der Waals surface area contributed by atoms with Crippen LogP contribution in [0.4, 0.5) is 0 Å². The molecule has 1 heteroatoms. The lowest BCUT2D eigenvalue weighted by Crippen LogP contribution is -2.12. The van der Waals surface area contributed by atoms with Gasteiger partial charge >= 0.3 is 0 Å². The Labute approximate surface area is 56.7 Å². The zero-order valence-corrected chi connectivity index (χ0v) is 6.62. The second-order valence-corrected chi connectivity index (χ2v) is 3.35. The fourth-order valence-electron chi connectivity index (χ4n) is 0.982. The molecule has 1 nitrogen and oxygen atoms in total. The van der Waals surface area contributed by atoms with Crippen molar-refractivity contribution in [2.24, 2.45) is 5.41 Å². The molecule has 0 spiro atoms. The van der Waals surface area contributed by atoms with E-state index in [-0.39, 0.29) is 5.41 Å². The van der Waals surface area contributed by atoms with Crippen LogP contribution in [0, 0.1) is 5.41 Å². The zero-order chi connectivity index (χ0) is 7.07. The largest absolute Gasteiger partial charge is 0.497 e. The summed E-state index contributed by atoms with van der Waals surface area (Å²) in [6.45, 7) is 9.44. The van der Waals surface area contributed by atoms with Crippen LogP contribution in [-0.4, -0.2) is 6.61 Å². The molecule has 0 bridgehead atoms. The summed E-state index contributed by atoms with van der Waals surface area (Å²) in [6, 6.07) is 0. The molecule has 52 valence electrons. The molecule has 1 aliphatic heterocycles. The van der Waals surface area contributed by atoms with E-state index in [0.29, 0.717) is 0 Å². The molecule has 0 saturated heterocycles. The molecule has 0 aromatic rings. The van der Waals surface area contributed by atoms with Gasteiger partial charge in [-0.1, -0.05) is 13.8 Å². The minimum absolute atomic E-state index is 0.282. The highest BCUT2D eigenvalue weighted by Crippen LogP contribution is 2.35. The standard InChI is InChI=1S/C8H14O/c1-6-7(2)9-5-8(6,3)4/h5H2,1-4H3. The molecule has 0 amide bonds. The average molecular weight is 126 g/mol. The van der Waals surface area contributed by atoms with E-state index in [4.69, 9.17) is 4.74 Å². The molecule has 0 aliphatic carbocycles. The van der Waals surface area contributed by atoms with Crippen molar-refractivity contribution in [3.63, 3.8) is 0 Å². The number of hydrogen-bond acceptors (Lipinski definition) is 1. The maximum absolute atomic E-state index is 5.36. The van der Waals surface area contributed by atoms with Gasteiger partial charge in [0.15, 0.2) is 0 Å². The number of rotatable bonds is 0. The fourth-order valence-corrected chi connectivity index (χ4v) is 0.982. The Kier molecular flexibility index (Phi) is 1.30. The molecule has 1 heterocycles. The monoisotopic (exact) mass is 126 g/mol. The first kappa shape index (κ1) is 6.66. The predicted molar refractivity (Wildman–Crippen MR) is 38.1 cm³/mol. The summed E-state index contributed by atoms with van der Waals surface area (Å²) in [5, 5.41) is 0. The van der Waals surface area contributed by atoms with E-state index in [1.165, 1.54) is 5.57 Å². The molecular formula is C8H14O. The third kappa shape index (κ3) is 0.958. The summed E-state index contributed by atoms with van der Waals surface area (Å²) < 4.78 is 5.36. The van der Waals surface area contributed by atoms with E-state index >= 15 is 0 Å². The molecule has 0 aromatic heterocycles. The summed E-state index contributed by atoms with van der Waals surface area (Å²) in [5.74, 6) is 1.11. The van der Waals surface area contributed by atoms with Crippen LogP contribution in [-0.2, 0) is 4.74 Å². The zero-order valence-electron chi connectivity index (χ0n) is 6.62. The van der Waals surface area contributed by atoms with Gasteiger partial charge in [0.05, 0.1) is 12.4 Å². The Morgan fingerprint density at radius 3 is 2.00 bits per heavy atom. The normalized spacial score (nSPS) is 24.4. The Morgan fingerprint density at radius 2 is 1.89 bits per heavy atom. The molecule has 0 saturated carbocycles. The van der Waals surface area contributed by atoms with Crippen LogP contribution in [0.15, 0.2) is 11.3 Å². The third-order valence-corrected chi connectivity index (χ3v) is 2.19. The number of ether oxygens (including phenoxy) is 1. The van der Waals surface area contributed by atoms with E-state index in [1.54, 1.807) is 0 Å². The first-order valence-corrected chi connectivity index (χ1v) is 3.35. The molecule has 0 atom stereocenters. The van der Waals surface area contributed by atoms with Crippen LogP contribution in [0.25, 0.3) is 0 Å². The van der Waals surface area contributed by atoms with Crippen LogP contribution in [0.3, 0.4) is 0 Å². The van der Waals surface area contributed by atoms with E-state index in [2.05, 4.69) is 20.8 Å². The molecule has 1 rings (SSSR count). The van der Waals surface area contributed by atoms with Gasteiger partial charge in [-0.15, -0.1) is 0 Å². The summed E-state index contributed by atoms with van der Waals surface area (Å²) in [5.41, 5.74) is 1.67. The van der Waals surface area contributed by atoms with Gasteiger partial charge in [0, 0.05) is 5.41 Å². The molecule has 0 N–H and O–H groups in total. The van der Waals surface area contributed by atoms with E-state index < -0.39 is 0 Å². The van der Waals surface area contributed by atoms with Gasteiger partial charge in [-0.25, -0.2) is 0 Å². The van der Waals surface area contributed by atoms with Crippen LogP contribution in [0.1, 0.15) is 27.7 Å². The van der Waals surface area contributed by atoms with Crippen LogP contribution < -0.4 is 0 Å². The van der Waals surface area contributed by atoms with E-state index in [0.717, 1.165) is 12.4 Å². The minimum Gasteiger partial charge on any atom is -0.497 e. The van der Waals surface area contributed by atoms with Gasteiger partial charge in [0.25, 0.3) is 0 Å². The lowest BCUT2D eigenvalue weighted by atomic mass is 9.87. The van der Waals surface area contributed by atoms with Crippen LogP contribution >= 0.6 is 0 Å². The maximum atomic E-state index is 5.36. The molecule has 0 aromatic carbocycles. The van der Waals surface area contributed by atoms with E-state index in [9.17, 15) is 0 Å². The van der Waals surface area contributed by atoms with Crippen molar-refractivity contribution >= 4 is 0 Å². The van der Waals surface area contributed by atoms with Gasteiger partial charge in [0.1, 0.15) is 0 Å². The average Bonchev–Trinajstić information content (AvgIpc) is 1.97. The highest BCUT2D eigenvalue weighted by molar-refractivity contribution is 5.17. The Balaban J connectivity index is 2.88. The van der Waals surface area contributed by atoms with Crippen molar-refractivity contribution in [2.75, 3.05) is 6.61 Å². The Morgan fingerprint density at radius 1 is 1.33 bits per heavy atom. The fraction of sp³-hybridized carbons (Fsp3) is 0.750. The summed E-state index contributed by atoms with van der Waals surface area (Å²) in [7, 11) is 0. The van der Waals surface area contributed by atoms with Crippen molar-refractivity contribution in [1.82, 2.24) is 0 Å². The first-order chi connectivity index (χ1) is 4.04. The van der Waals surface area contributed by atoms with Gasteiger partial charge in [0.2, 0.25) is 0 Å². The molecule has 1 aliphatic rings. The molecule has 9 heavy (non-hydrogen) atoms.